The lowest BCUT2D eigenvalue weighted by atomic mass is 10.1. The summed E-state index contributed by atoms with van der Waals surface area (Å²) in [6.45, 7) is 3.88. The Morgan fingerprint density at radius 1 is 1.15 bits per heavy atom. The Bertz CT molecular complexity index is 801. The summed E-state index contributed by atoms with van der Waals surface area (Å²) in [6.07, 6.45) is 1.50. The molecule has 2 aromatic rings. The van der Waals surface area contributed by atoms with Gasteiger partial charge in [-0.05, 0) is 23.8 Å². The van der Waals surface area contributed by atoms with Crippen LogP contribution in [-0.2, 0) is 16.1 Å². The van der Waals surface area contributed by atoms with Crippen LogP contribution >= 0.6 is 0 Å². The summed E-state index contributed by atoms with van der Waals surface area (Å²) in [4.78, 5) is 36.8. The Hall–Kier alpha value is -3.41. The highest BCUT2D eigenvalue weighted by Crippen LogP contribution is 2.21. The first-order valence-electron chi connectivity index (χ1n) is 7.86. The number of rotatable bonds is 7. The number of hydrogen-bond donors (Lipinski definition) is 0. The molecule has 0 aromatic heterocycles. The van der Waals surface area contributed by atoms with Crippen LogP contribution in [-0.4, -0.2) is 32.0 Å². The van der Waals surface area contributed by atoms with E-state index in [1.807, 2.05) is 30.3 Å². The lowest BCUT2D eigenvalue weighted by Crippen LogP contribution is -2.32. The van der Waals surface area contributed by atoms with Crippen LogP contribution in [0.5, 0.6) is 0 Å². The molecular weight excluding hydrogens is 334 g/mol. The van der Waals surface area contributed by atoms with Gasteiger partial charge >= 0.3 is 12.1 Å². The molecule has 0 saturated heterocycles. The van der Waals surface area contributed by atoms with Crippen molar-refractivity contribution in [3.63, 3.8) is 0 Å². The molecule has 2 aromatic carbocycles. The molecular formula is C20H19NO5. The minimum atomic E-state index is -0.618. The zero-order valence-electron chi connectivity index (χ0n) is 14.4. The maximum Gasteiger partial charge on any atom is 0.414 e. The number of esters is 1. The fraction of sp³-hybridized carbons (Fsp3) is 0.150. The van der Waals surface area contributed by atoms with E-state index in [1.54, 1.807) is 0 Å². The number of hydrogen-bond acceptors (Lipinski definition) is 5. The molecule has 0 aliphatic rings. The molecule has 0 saturated carbocycles. The minimum Gasteiger partial charge on any atom is -0.465 e. The summed E-state index contributed by atoms with van der Waals surface area (Å²) in [5.41, 5.74) is 1.59. The van der Waals surface area contributed by atoms with Crippen LogP contribution in [0.1, 0.15) is 26.3 Å². The Kier molecular flexibility index (Phi) is 6.68. The number of carbonyl (C=O) groups excluding carboxylic acids is 3. The van der Waals surface area contributed by atoms with E-state index in [4.69, 9.17) is 4.74 Å². The smallest absolute Gasteiger partial charge is 0.414 e. The fourth-order valence-corrected chi connectivity index (χ4v) is 2.31. The highest BCUT2D eigenvalue weighted by atomic mass is 16.6. The van der Waals surface area contributed by atoms with E-state index < -0.39 is 12.1 Å². The fourth-order valence-electron chi connectivity index (χ4n) is 2.31. The van der Waals surface area contributed by atoms with Gasteiger partial charge in [-0.25, -0.2) is 9.59 Å². The third kappa shape index (κ3) is 4.80. The highest BCUT2D eigenvalue weighted by molar-refractivity contribution is 5.96. The second-order valence-corrected chi connectivity index (χ2v) is 5.36. The second-order valence-electron chi connectivity index (χ2n) is 5.36. The topological polar surface area (TPSA) is 72.9 Å². The van der Waals surface area contributed by atoms with Crippen LogP contribution in [0.25, 0.3) is 0 Å². The van der Waals surface area contributed by atoms with Crippen molar-refractivity contribution < 1.29 is 23.9 Å². The molecule has 0 aliphatic carbocycles. The molecule has 0 spiro atoms. The second kappa shape index (κ2) is 9.17. The van der Waals surface area contributed by atoms with Crippen LogP contribution in [0.15, 0.2) is 61.2 Å². The Balaban J connectivity index is 2.27. The molecule has 0 radical (unpaired) electrons. The quantitative estimate of drug-likeness (QED) is 0.432. The first-order valence-corrected chi connectivity index (χ1v) is 7.86. The number of methoxy groups -OCH3 is 1. The summed E-state index contributed by atoms with van der Waals surface area (Å²) in [6, 6.07) is 13.6. The van der Waals surface area contributed by atoms with Crippen LogP contribution in [0.3, 0.4) is 0 Å². The van der Waals surface area contributed by atoms with Gasteiger partial charge in [-0.2, -0.15) is 0 Å². The van der Waals surface area contributed by atoms with Crippen molar-refractivity contribution in [3.05, 3.63) is 77.9 Å². The molecule has 2 rings (SSSR count). The van der Waals surface area contributed by atoms with E-state index >= 15 is 0 Å². The van der Waals surface area contributed by atoms with Gasteiger partial charge in [0.15, 0.2) is 0 Å². The van der Waals surface area contributed by atoms with E-state index in [9.17, 15) is 14.4 Å². The third-order valence-corrected chi connectivity index (χ3v) is 3.55. The maximum atomic E-state index is 12.5. The van der Waals surface area contributed by atoms with E-state index in [-0.39, 0.29) is 24.3 Å². The first-order chi connectivity index (χ1) is 12.6. The number of carbonyl (C=O) groups is 3. The molecule has 0 unspecified atom stereocenters. The van der Waals surface area contributed by atoms with Crippen LogP contribution in [0.4, 0.5) is 10.5 Å². The van der Waals surface area contributed by atoms with Crippen molar-refractivity contribution in [2.45, 2.75) is 6.61 Å². The number of anilines is 1. The van der Waals surface area contributed by atoms with Gasteiger partial charge in [-0.15, -0.1) is 6.58 Å². The average Bonchev–Trinajstić information content (AvgIpc) is 2.69. The molecule has 26 heavy (non-hydrogen) atoms. The van der Waals surface area contributed by atoms with Gasteiger partial charge in [0.2, 0.25) is 0 Å². The average molecular weight is 353 g/mol. The van der Waals surface area contributed by atoms with Crippen LogP contribution in [0.2, 0.25) is 0 Å². The Morgan fingerprint density at radius 3 is 2.50 bits per heavy atom. The minimum absolute atomic E-state index is 0.102. The standard InChI is InChI=1S/C20H19NO5/c1-3-9-21(20(24)26-14-15-7-5-4-6-8-15)18-11-16(13-22)10-17(12-18)19(23)25-2/h3-8,10-13H,1,9,14H2,2H3. The summed E-state index contributed by atoms with van der Waals surface area (Å²) >= 11 is 0. The number of ether oxygens (including phenoxy) is 2. The molecule has 6 heteroatoms. The maximum absolute atomic E-state index is 12.5. The van der Waals surface area contributed by atoms with Gasteiger partial charge in [0.05, 0.1) is 12.7 Å². The highest BCUT2D eigenvalue weighted by Gasteiger charge is 2.19. The molecule has 0 atom stereocenters. The largest absolute Gasteiger partial charge is 0.465 e. The molecule has 0 bridgehead atoms. The van der Waals surface area contributed by atoms with E-state index in [2.05, 4.69) is 11.3 Å². The Morgan fingerprint density at radius 2 is 1.88 bits per heavy atom. The monoisotopic (exact) mass is 353 g/mol. The van der Waals surface area contributed by atoms with Crippen molar-refractivity contribution in [1.29, 1.82) is 0 Å². The Labute approximate surface area is 151 Å². The number of aldehydes is 1. The van der Waals surface area contributed by atoms with E-state index in [0.717, 1.165) is 5.56 Å². The molecule has 0 aliphatic heterocycles. The molecule has 1 amide bonds. The zero-order chi connectivity index (χ0) is 18.9. The predicted molar refractivity (Wildman–Crippen MR) is 97.3 cm³/mol. The third-order valence-electron chi connectivity index (χ3n) is 3.55. The van der Waals surface area contributed by atoms with E-state index in [0.29, 0.717) is 12.0 Å². The summed E-state index contributed by atoms with van der Waals surface area (Å²) in [7, 11) is 1.24. The summed E-state index contributed by atoms with van der Waals surface area (Å²) in [5, 5.41) is 0. The summed E-state index contributed by atoms with van der Waals surface area (Å²) < 4.78 is 10.0. The first kappa shape index (κ1) is 18.9. The zero-order valence-corrected chi connectivity index (χ0v) is 14.4. The number of amides is 1. The van der Waals surface area contributed by atoms with Crippen molar-refractivity contribution >= 4 is 24.0 Å². The number of nitrogens with zero attached hydrogens (tertiary/aromatic N) is 1. The van der Waals surface area contributed by atoms with Gasteiger partial charge < -0.3 is 9.47 Å². The van der Waals surface area contributed by atoms with Gasteiger partial charge in [-0.3, -0.25) is 9.69 Å². The number of benzene rings is 2. The predicted octanol–water partition coefficient (Wildman–Crippen LogP) is 3.61. The summed E-state index contributed by atoms with van der Waals surface area (Å²) in [5.74, 6) is -0.605. The lowest BCUT2D eigenvalue weighted by molar-refractivity contribution is 0.0600. The van der Waals surface area contributed by atoms with Gasteiger partial charge in [0.25, 0.3) is 0 Å². The SMILES string of the molecule is C=CCN(C(=O)OCc1ccccc1)c1cc(C=O)cc(C(=O)OC)c1. The van der Waals surface area contributed by atoms with E-state index in [1.165, 1.54) is 36.3 Å². The molecule has 134 valence electrons. The van der Waals surface area contributed by atoms with Crippen molar-refractivity contribution in [2.24, 2.45) is 0 Å². The molecule has 0 N–H and O–H groups in total. The van der Waals surface area contributed by atoms with Crippen molar-refractivity contribution in [1.82, 2.24) is 0 Å². The van der Waals surface area contributed by atoms with Gasteiger partial charge in [0.1, 0.15) is 12.9 Å². The lowest BCUT2D eigenvalue weighted by Gasteiger charge is -2.21. The molecule has 6 nitrogen and oxygen atoms in total. The van der Waals surface area contributed by atoms with Crippen molar-refractivity contribution in [3.8, 4) is 0 Å². The van der Waals surface area contributed by atoms with Crippen LogP contribution in [0, 0.1) is 0 Å². The van der Waals surface area contributed by atoms with Crippen molar-refractivity contribution in [2.75, 3.05) is 18.6 Å². The van der Waals surface area contributed by atoms with Crippen LogP contribution < -0.4 is 4.90 Å². The molecule has 0 fully saturated rings. The normalized spacial score (nSPS) is 9.88. The van der Waals surface area contributed by atoms with Gasteiger partial charge in [0, 0.05) is 17.8 Å². The van der Waals surface area contributed by atoms with Gasteiger partial charge in [-0.1, -0.05) is 36.4 Å². The molecule has 0 heterocycles.